The fourth-order valence-corrected chi connectivity index (χ4v) is 4.90. The van der Waals surface area contributed by atoms with Gasteiger partial charge in [0.25, 0.3) is 11.5 Å². The number of hydrogen-bond donors (Lipinski definition) is 2. The second-order valence-corrected chi connectivity index (χ2v) is 9.63. The molecule has 174 valence electrons. The van der Waals surface area contributed by atoms with Crippen molar-refractivity contribution in [2.45, 2.75) is 37.3 Å². The Kier molecular flexibility index (Phi) is 6.87. The number of nitrogens with zero attached hydrogens (tertiary/aromatic N) is 2. The molecule has 1 saturated heterocycles. The maximum atomic E-state index is 13.1. The van der Waals surface area contributed by atoms with E-state index < -0.39 is 10.0 Å². The number of carbonyl (C=O) groups is 1. The predicted octanol–water partition coefficient (Wildman–Crippen LogP) is 2.04. The van der Waals surface area contributed by atoms with Gasteiger partial charge in [0.1, 0.15) is 5.82 Å². The van der Waals surface area contributed by atoms with Gasteiger partial charge >= 0.3 is 0 Å². The van der Waals surface area contributed by atoms with Crippen molar-refractivity contribution in [3.8, 4) is 0 Å². The second kappa shape index (κ2) is 9.82. The van der Waals surface area contributed by atoms with Crippen LogP contribution in [0.2, 0.25) is 0 Å². The van der Waals surface area contributed by atoms with Gasteiger partial charge < -0.3 is 14.6 Å². The van der Waals surface area contributed by atoms with E-state index in [0.717, 1.165) is 12.8 Å². The Morgan fingerprint density at radius 3 is 2.82 bits per heavy atom. The molecule has 4 rings (SSSR count). The van der Waals surface area contributed by atoms with Crippen LogP contribution in [0, 0.1) is 0 Å². The minimum atomic E-state index is -3.79. The topological polar surface area (TPSA) is 121 Å². The first-order valence-electron chi connectivity index (χ1n) is 10.9. The molecule has 1 fully saturated rings. The van der Waals surface area contributed by atoms with Gasteiger partial charge in [-0.3, -0.25) is 9.59 Å². The maximum Gasteiger partial charge on any atom is 0.258 e. The average Bonchev–Trinajstić information content (AvgIpc) is 3.35. The number of aromatic amines is 1. The van der Waals surface area contributed by atoms with E-state index in [-0.39, 0.29) is 41.1 Å². The molecular weight excluding hydrogens is 444 g/mol. The highest BCUT2D eigenvalue weighted by Crippen LogP contribution is 2.16. The number of nitrogens with one attached hydrogen (secondary N) is 2. The summed E-state index contributed by atoms with van der Waals surface area (Å²) in [5.74, 6) is 0.000361. The fraction of sp³-hybridized carbons (Fsp3) is 0.348. The smallest absolute Gasteiger partial charge is 0.258 e. The third kappa shape index (κ3) is 5.29. The molecule has 0 aliphatic carbocycles. The number of para-hydroxylation sites is 1. The van der Waals surface area contributed by atoms with E-state index in [9.17, 15) is 18.0 Å². The molecular formula is C23H26N4O5S. The van der Waals surface area contributed by atoms with Crippen molar-refractivity contribution in [1.82, 2.24) is 19.6 Å². The minimum absolute atomic E-state index is 0.0136. The van der Waals surface area contributed by atoms with Crippen molar-refractivity contribution in [1.29, 1.82) is 0 Å². The molecule has 1 amide bonds. The van der Waals surface area contributed by atoms with Gasteiger partial charge in [-0.1, -0.05) is 18.2 Å². The molecule has 1 atom stereocenters. The number of hydrogen-bond acceptors (Lipinski definition) is 6. The number of rotatable bonds is 8. The van der Waals surface area contributed by atoms with Crippen LogP contribution in [0.3, 0.4) is 0 Å². The molecule has 0 radical (unpaired) electrons. The molecule has 3 aromatic rings. The van der Waals surface area contributed by atoms with Crippen LogP contribution in [-0.4, -0.2) is 55.0 Å². The summed E-state index contributed by atoms with van der Waals surface area (Å²) >= 11 is 0. The molecule has 10 heteroatoms. The summed E-state index contributed by atoms with van der Waals surface area (Å²) in [5.41, 5.74) is 0.509. The van der Waals surface area contributed by atoms with Crippen LogP contribution in [0.4, 0.5) is 0 Å². The van der Waals surface area contributed by atoms with Gasteiger partial charge in [0.15, 0.2) is 0 Å². The van der Waals surface area contributed by atoms with Crippen molar-refractivity contribution in [2.24, 2.45) is 0 Å². The lowest BCUT2D eigenvalue weighted by Gasteiger charge is -2.21. The molecule has 0 saturated carbocycles. The van der Waals surface area contributed by atoms with Crippen LogP contribution in [-0.2, 0) is 21.3 Å². The van der Waals surface area contributed by atoms with E-state index in [0.29, 0.717) is 29.9 Å². The third-order valence-electron chi connectivity index (χ3n) is 5.59. The van der Waals surface area contributed by atoms with E-state index >= 15 is 0 Å². The summed E-state index contributed by atoms with van der Waals surface area (Å²) in [6.07, 6.45) is 1.61. The molecule has 0 bridgehead atoms. The predicted molar refractivity (Wildman–Crippen MR) is 123 cm³/mol. The summed E-state index contributed by atoms with van der Waals surface area (Å²) in [6, 6.07) is 12.9. The number of benzene rings is 2. The molecule has 9 nitrogen and oxygen atoms in total. The zero-order chi connectivity index (χ0) is 23.4. The lowest BCUT2D eigenvalue weighted by molar-refractivity contribution is 0.0748. The number of aromatic nitrogens is 2. The molecule has 2 aromatic carbocycles. The summed E-state index contributed by atoms with van der Waals surface area (Å²) < 4.78 is 33.5. The molecule has 0 spiro atoms. The van der Waals surface area contributed by atoms with Crippen LogP contribution in [0.25, 0.3) is 10.9 Å². The minimum Gasteiger partial charge on any atom is -0.377 e. The SMILES string of the molecule is CCN(Cc1nc2ccccc2c(=O)[nH]1)C(=O)c1cccc(S(=O)(=O)NCC2CCCO2)c1. The number of fused-ring (bicyclic) bond motifs is 1. The Morgan fingerprint density at radius 1 is 1.24 bits per heavy atom. The number of H-pyrrole nitrogens is 1. The highest BCUT2D eigenvalue weighted by molar-refractivity contribution is 7.89. The van der Waals surface area contributed by atoms with Gasteiger partial charge in [-0.2, -0.15) is 0 Å². The molecule has 1 aliphatic rings. The van der Waals surface area contributed by atoms with Gasteiger partial charge in [-0.05, 0) is 50.1 Å². The van der Waals surface area contributed by atoms with Gasteiger partial charge in [-0.25, -0.2) is 18.1 Å². The van der Waals surface area contributed by atoms with Crippen molar-refractivity contribution < 1.29 is 17.9 Å². The van der Waals surface area contributed by atoms with Crippen molar-refractivity contribution >= 4 is 26.8 Å². The second-order valence-electron chi connectivity index (χ2n) is 7.86. The van der Waals surface area contributed by atoms with E-state index in [4.69, 9.17) is 4.74 Å². The normalized spacial score (nSPS) is 16.2. The number of ether oxygens (including phenoxy) is 1. The molecule has 1 unspecified atom stereocenters. The van der Waals surface area contributed by atoms with Crippen molar-refractivity contribution in [3.05, 3.63) is 70.3 Å². The summed E-state index contributed by atoms with van der Waals surface area (Å²) in [7, 11) is -3.79. The van der Waals surface area contributed by atoms with E-state index in [1.807, 2.05) is 0 Å². The van der Waals surface area contributed by atoms with Crippen LogP contribution >= 0.6 is 0 Å². The highest BCUT2D eigenvalue weighted by Gasteiger charge is 2.22. The van der Waals surface area contributed by atoms with Gasteiger partial charge in [-0.15, -0.1) is 0 Å². The molecule has 2 N–H and O–H groups in total. The highest BCUT2D eigenvalue weighted by atomic mass is 32.2. The monoisotopic (exact) mass is 470 g/mol. The summed E-state index contributed by atoms with van der Waals surface area (Å²) in [5, 5.41) is 0.476. The van der Waals surface area contributed by atoms with Crippen LogP contribution in [0.15, 0.2) is 58.2 Å². The molecule has 1 aliphatic heterocycles. The van der Waals surface area contributed by atoms with Crippen molar-refractivity contribution in [3.63, 3.8) is 0 Å². The molecule has 33 heavy (non-hydrogen) atoms. The Bertz CT molecular complexity index is 1320. The van der Waals surface area contributed by atoms with Crippen LogP contribution in [0.1, 0.15) is 35.9 Å². The maximum absolute atomic E-state index is 13.1. The summed E-state index contributed by atoms with van der Waals surface area (Å²) in [6.45, 7) is 3.08. The number of carbonyl (C=O) groups excluding carboxylic acids is 1. The van der Waals surface area contributed by atoms with Gasteiger partial charge in [0.05, 0.1) is 28.4 Å². The van der Waals surface area contributed by atoms with Crippen molar-refractivity contribution in [2.75, 3.05) is 19.7 Å². The van der Waals surface area contributed by atoms with E-state index in [2.05, 4.69) is 14.7 Å². The first kappa shape index (κ1) is 23.1. The number of sulfonamides is 1. The lowest BCUT2D eigenvalue weighted by Crippen LogP contribution is -2.33. The quantitative estimate of drug-likeness (QED) is 0.520. The molecule has 1 aromatic heterocycles. The molecule has 2 heterocycles. The Morgan fingerprint density at radius 2 is 2.06 bits per heavy atom. The first-order chi connectivity index (χ1) is 15.9. The largest absolute Gasteiger partial charge is 0.377 e. The van der Waals surface area contributed by atoms with Crippen LogP contribution in [0.5, 0.6) is 0 Å². The zero-order valence-corrected chi connectivity index (χ0v) is 19.1. The zero-order valence-electron chi connectivity index (χ0n) is 18.3. The Labute approximate surface area is 191 Å². The Balaban J connectivity index is 1.52. The summed E-state index contributed by atoms with van der Waals surface area (Å²) in [4.78, 5) is 34.2. The Hall–Kier alpha value is -3.08. The van der Waals surface area contributed by atoms with Gasteiger partial charge in [0.2, 0.25) is 10.0 Å². The third-order valence-corrected chi connectivity index (χ3v) is 7.01. The van der Waals surface area contributed by atoms with E-state index in [1.54, 1.807) is 37.3 Å². The first-order valence-corrected chi connectivity index (χ1v) is 12.3. The number of amides is 1. The van der Waals surface area contributed by atoms with Crippen LogP contribution < -0.4 is 10.3 Å². The van der Waals surface area contributed by atoms with E-state index in [1.165, 1.54) is 23.1 Å². The van der Waals surface area contributed by atoms with Gasteiger partial charge in [0, 0.05) is 25.3 Å². The standard InChI is InChI=1S/C23H26N4O5S/c1-2-27(15-21-25-20-11-4-3-10-19(20)22(28)26-21)23(29)16-7-5-9-18(13-16)33(30,31)24-14-17-8-6-12-32-17/h3-5,7,9-11,13,17,24H,2,6,8,12,14-15H2,1H3,(H,25,26,28). The fourth-order valence-electron chi connectivity index (χ4n) is 3.79. The lowest BCUT2D eigenvalue weighted by atomic mass is 10.2. The average molecular weight is 471 g/mol.